The van der Waals surface area contributed by atoms with Crippen LogP contribution in [-0.4, -0.2) is 61.5 Å². The number of nitrogens with one attached hydrogen (secondary N) is 2. The van der Waals surface area contributed by atoms with Crippen LogP contribution in [0.1, 0.15) is 22.8 Å². The first-order chi connectivity index (χ1) is 16.8. The SMILES string of the molecule is CCOC(=O)c1c(-c2ccc(OC)cc2)csc1NC(=O)CN(C)CC(=O)Nc1ccc(C)cn1. The summed E-state index contributed by atoms with van der Waals surface area (Å²) in [5.74, 6) is -0.0278. The molecule has 2 heterocycles. The molecule has 2 N–H and O–H groups in total. The van der Waals surface area contributed by atoms with Crippen LogP contribution in [0.4, 0.5) is 10.8 Å². The summed E-state index contributed by atoms with van der Waals surface area (Å²) in [5.41, 5.74) is 2.73. The van der Waals surface area contributed by atoms with E-state index in [2.05, 4.69) is 15.6 Å². The fourth-order valence-corrected chi connectivity index (χ4v) is 4.25. The van der Waals surface area contributed by atoms with E-state index in [9.17, 15) is 14.4 Å². The molecule has 10 heteroatoms. The molecule has 0 saturated carbocycles. The van der Waals surface area contributed by atoms with Crippen LogP contribution in [0.3, 0.4) is 0 Å². The second kappa shape index (κ2) is 12.1. The number of methoxy groups -OCH3 is 1. The highest BCUT2D eigenvalue weighted by molar-refractivity contribution is 7.15. The molecule has 184 valence electrons. The molecule has 2 amide bonds. The van der Waals surface area contributed by atoms with E-state index in [4.69, 9.17) is 9.47 Å². The van der Waals surface area contributed by atoms with Crippen LogP contribution >= 0.6 is 11.3 Å². The topological polar surface area (TPSA) is 110 Å². The summed E-state index contributed by atoms with van der Waals surface area (Å²) in [5, 5.41) is 7.68. The zero-order valence-electron chi connectivity index (χ0n) is 20.1. The lowest BCUT2D eigenvalue weighted by atomic mass is 10.0. The van der Waals surface area contributed by atoms with Crippen molar-refractivity contribution in [1.29, 1.82) is 0 Å². The van der Waals surface area contributed by atoms with Crippen molar-refractivity contribution in [2.45, 2.75) is 13.8 Å². The number of ether oxygens (including phenoxy) is 2. The molecule has 0 aliphatic heterocycles. The molecule has 0 unspecified atom stereocenters. The number of aryl methyl sites for hydroxylation is 1. The van der Waals surface area contributed by atoms with Crippen molar-refractivity contribution < 1.29 is 23.9 Å². The van der Waals surface area contributed by atoms with Gasteiger partial charge in [-0.25, -0.2) is 9.78 Å². The molecule has 3 rings (SSSR count). The number of pyridine rings is 1. The summed E-state index contributed by atoms with van der Waals surface area (Å²) < 4.78 is 10.4. The van der Waals surface area contributed by atoms with Crippen molar-refractivity contribution >= 4 is 39.9 Å². The van der Waals surface area contributed by atoms with Gasteiger partial charge in [-0.3, -0.25) is 14.5 Å². The third kappa shape index (κ3) is 7.11. The zero-order valence-corrected chi connectivity index (χ0v) is 20.9. The molecule has 0 saturated heterocycles. The van der Waals surface area contributed by atoms with Gasteiger partial charge in [0, 0.05) is 17.1 Å². The number of benzene rings is 1. The molecule has 2 aromatic heterocycles. The Bertz CT molecular complexity index is 1180. The molecule has 0 fully saturated rings. The smallest absolute Gasteiger partial charge is 0.341 e. The molecular formula is C25H28N4O5S. The Balaban J connectivity index is 1.67. The van der Waals surface area contributed by atoms with Crippen molar-refractivity contribution in [3.05, 3.63) is 59.1 Å². The molecular weight excluding hydrogens is 468 g/mol. The lowest BCUT2D eigenvalue weighted by molar-refractivity contribution is -0.119. The van der Waals surface area contributed by atoms with Gasteiger partial charge in [0.2, 0.25) is 11.8 Å². The first-order valence-corrected chi connectivity index (χ1v) is 11.8. The molecule has 0 aliphatic carbocycles. The third-order valence-corrected chi connectivity index (χ3v) is 5.83. The summed E-state index contributed by atoms with van der Waals surface area (Å²) >= 11 is 1.24. The normalized spacial score (nSPS) is 10.7. The predicted molar refractivity (Wildman–Crippen MR) is 136 cm³/mol. The van der Waals surface area contributed by atoms with Gasteiger partial charge in [-0.05, 0) is 50.2 Å². The fourth-order valence-electron chi connectivity index (χ4n) is 3.28. The Morgan fingerprint density at radius 3 is 2.31 bits per heavy atom. The van der Waals surface area contributed by atoms with Crippen LogP contribution in [-0.2, 0) is 14.3 Å². The van der Waals surface area contributed by atoms with Crippen molar-refractivity contribution in [1.82, 2.24) is 9.88 Å². The van der Waals surface area contributed by atoms with E-state index in [1.54, 1.807) is 55.8 Å². The van der Waals surface area contributed by atoms with Crippen LogP contribution < -0.4 is 15.4 Å². The van der Waals surface area contributed by atoms with Gasteiger partial charge < -0.3 is 20.1 Å². The number of amides is 2. The standard InChI is InChI=1S/C25H28N4O5S/c1-5-34-25(32)23-19(17-7-9-18(33-4)10-8-17)15-35-24(23)28-22(31)14-29(3)13-21(30)27-20-11-6-16(2)12-26-20/h6-12,15H,5,13-14H2,1-4H3,(H,28,31)(H,26,27,30). The van der Waals surface area contributed by atoms with Crippen molar-refractivity contribution in [2.24, 2.45) is 0 Å². The fraction of sp³-hybridized carbons (Fsp3) is 0.280. The summed E-state index contributed by atoms with van der Waals surface area (Å²) in [4.78, 5) is 43.4. The average molecular weight is 497 g/mol. The summed E-state index contributed by atoms with van der Waals surface area (Å²) in [6, 6.07) is 10.8. The zero-order chi connectivity index (χ0) is 25.4. The largest absolute Gasteiger partial charge is 0.497 e. The first-order valence-electron chi connectivity index (χ1n) is 10.9. The monoisotopic (exact) mass is 496 g/mol. The van der Waals surface area contributed by atoms with Gasteiger partial charge in [-0.2, -0.15) is 0 Å². The number of aromatic nitrogens is 1. The summed E-state index contributed by atoms with van der Waals surface area (Å²) in [6.07, 6.45) is 1.66. The van der Waals surface area contributed by atoms with Crippen LogP contribution in [0.15, 0.2) is 48.0 Å². The van der Waals surface area contributed by atoms with Crippen LogP contribution in [0.2, 0.25) is 0 Å². The van der Waals surface area contributed by atoms with Gasteiger partial charge in [-0.1, -0.05) is 18.2 Å². The number of thiophene rings is 1. The molecule has 0 spiro atoms. The minimum absolute atomic E-state index is 0.00471. The maximum atomic E-state index is 12.7. The highest BCUT2D eigenvalue weighted by Crippen LogP contribution is 2.36. The van der Waals surface area contributed by atoms with Crippen LogP contribution in [0.25, 0.3) is 11.1 Å². The molecule has 35 heavy (non-hydrogen) atoms. The second-order valence-corrected chi connectivity index (χ2v) is 8.67. The third-order valence-electron chi connectivity index (χ3n) is 4.93. The molecule has 0 aliphatic rings. The van der Waals surface area contributed by atoms with Crippen molar-refractivity contribution in [3.8, 4) is 16.9 Å². The number of rotatable bonds is 10. The summed E-state index contributed by atoms with van der Waals surface area (Å²) in [6.45, 7) is 3.79. The van der Waals surface area contributed by atoms with Crippen LogP contribution in [0, 0.1) is 6.92 Å². The van der Waals surface area contributed by atoms with E-state index in [1.807, 2.05) is 25.1 Å². The maximum Gasteiger partial charge on any atom is 0.341 e. The quantitative estimate of drug-likeness (QED) is 0.411. The predicted octanol–water partition coefficient (Wildman–Crippen LogP) is 3.81. The van der Waals surface area contributed by atoms with E-state index >= 15 is 0 Å². The Morgan fingerprint density at radius 1 is 1.03 bits per heavy atom. The highest BCUT2D eigenvalue weighted by Gasteiger charge is 2.23. The van der Waals surface area contributed by atoms with E-state index in [0.717, 1.165) is 11.1 Å². The van der Waals surface area contributed by atoms with Crippen LogP contribution in [0.5, 0.6) is 5.75 Å². The Hall–Kier alpha value is -3.76. The van der Waals surface area contributed by atoms with Gasteiger partial charge in [0.15, 0.2) is 0 Å². The van der Waals surface area contributed by atoms with Crippen molar-refractivity contribution in [2.75, 3.05) is 44.5 Å². The molecule has 0 atom stereocenters. The molecule has 3 aromatic rings. The molecule has 0 radical (unpaired) electrons. The number of likely N-dealkylation sites (N-methyl/N-ethyl adjacent to an activating group) is 1. The Labute approximate surface area is 208 Å². The molecule has 9 nitrogen and oxygen atoms in total. The first kappa shape index (κ1) is 25.9. The molecule has 0 bridgehead atoms. The number of carbonyl (C=O) groups is 3. The average Bonchev–Trinajstić information content (AvgIpc) is 3.23. The lowest BCUT2D eigenvalue weighted by Crippen LogP contribution is -2.36. The summed E-state index contributed by atoms with van der Waals surface area (Å²) in [7, 11) is 3.24. The number of hydrogen-bond acceptors (Lipinski definition) is 8. The van der Waals surface area contributed by atoms with Gasteiger partial charge in [-0.15, -0.1) is 11.3 Å². The minimum atomic E-state index is -0.520. The van der Waals surface area contributed by atoms with Gasteiger partial charge in [0.25, 0.3) is 0 Å². The van der Waals surface area contributed by atoms with E-state index in [0.29, 0.717) is 27.7 Å². The number of nitrogens with zero attached hydrogens (tertiary/aromatic N) is 2. The Kier molecular flexibility index (Phi) is 8.93. The number of esters is 1. The number of hydrogen-bond donors (Lipinski definition) is 2. The Morgan fingerprint density at radius 2 is 1.71 bits per heavy atom. The minimum Gasteiger partial charge on any atom is -0.497 e. The number of carbonyl (C=O) groups excluding carboxylic acids is 3. The van der Waals surface area contributed by atoms with Gasteiger partial charge in [0.1, 0.15) is 22.1 Å². The highest BCUT2D eigenvalue weighted by atomic mass is 32.1. The van der Waals surface area contributed by atoms with E-state index < -0.39 is 5.97 Å². The van der Waals surface area contributed by atoms with E-state index in [-0.39, 0.29) is 31.5 Å². The number of anilines is 2. The lowest BCUT2D eigenvalue weighted by Gasteiger charge is -2.16. The second-order valence-electron chi connectivity index (χ2n) is 7.79. The van der Waals surface area contributed by atoms with Crippen molar-refractivity contribution in [3.63, 3.8) is 0 Å². The molecule has 1 aromatic carbocycles. The van der Waals surface area contributed by atoms with Gasteiger partial charge >= 0.3 is 5.97 Å². The van der Waals surface area contributed by atoms with Gasteiger partial charge in [0.05, 0.1) is 26.8 Å². The van der Waals surface area contributed by atoms with E-state index in [1.165, 1.54) is 11.3 Å². The maximum absolute atomic E-state index is 12.7.